The number of rotatable bonds is 16. The van der Waals surface area contributed by atoms with Crippen LogP contribution < -0.4 is 22.1 Å². The molecule has 0 saturated heterocycles. The summed E-state index contributed by atoms with van der Waals surface area (Å²) in [6.45, 7) is 1.89. The van der Waals surface area contributed by atoms with Gasteiger partial charge in [-0.25, -0.2) is 0 Å². The van der Waals surface area contributed by atoms with Crippen molar-refractivity contribution >= 4 is 51.7 Å². The van der Waals surface area contributed by atoms with Crippen molar-refractivity contribution in [2.75, 3.05) is 13.1 Å². The van der Waals surface area contributed by atoms with E-state index in [4.69, 9.17) is 48.1 Å². The fourth-order valence-corrected chi connectivity index (χ4v) is 2.87. The maximum Gasteiger partial charge on any atom is 0.166 e. The largest absolute Gasteiger partial charge is 0.393 e. The minimum absolute atomic E-state index is 0.632. The fraction of sp³-hybridized carbons (Fsp3) is 0.824. The molecule has 0 amide bonds. The molecule has 4 nitrogen and oxygen atoms in total. The first-order valence-corrected chi connectivity index (χ1v) is 10.3. The molecule has 0 heterocycles. The molecule has 24 heavy (non-hydrogen) atoms. The summed E-state index contributed by atoms with van der Waals surface area (Å²) in [4.78, 5) is 1.26. The summed E-state index contributed by atoms with van der Waals surface area (Å²) < 4.78 is 0. The molecule has 0 fully saturated rings. The molecule has 0 unspecified atom stereocenters. The van der Waals surface area contributed by atoms with Crippen molar-refractivity contribution in [2.24, 2.45) is 11.5 Å². The summed E-state index contributed by atoms with van der Waals surface area (Å²) in [6, 6.07) is 0. The smallest absolute Gasteiger partial charge is 0.166 e. The predicted octanol–water partition coefficient (Wildman–Crippen LogP) is 3.70. The van der Waals surface area contributed by atoms with Crippen LogP contribution in [-0.4, -0.2) is 28.2 Å². The molecule has 0 atom stereocenters. The summed E-state index contributed by atoms with van der Waals surface area (Å²) in [7, 11) is 0. The Balaban J connectivity index is 3.21. The van der Waals surface area contributed by atoms with Crippen LogP contribution in [0.3, 0.4) is 0 Å². The maximum atomic E-state index is 5.47. The zero-order valence-electron chi connectivity index (χ0n) is 14.8. The van der Waals surface area contributed by atoms with E-state index in [1.165, 1.54) is 38.5 Å². The van der Waals surface area contributed by atoms with E-state index in [9.17, 15) is 0 Å². The Morgan fingerprint density at radius 1 is 0.542 bits per heavy atom. The van der Waals surface area contributed by atoms with E-state index in [1.54, 1.807) is 0 Å². The van der Waals surface area contributed by atoms with E-state index in [0.29, 0.717) is 9.98 Å². The topological polar surface area (TPSA) is 76.1 Å². The molecule has 0 aliphatic carbocycles. The predicted molar refractivity (Wildman–Crippen MR) is 118 cm³/mol. The number of hydrogen-bond donors (Lipinski definition) is 4. The average molecular weight is 391 g/mol. The van der Waals surface area contributed by atoms with Crippen molar-refractivity contribution in [3.63, 3.8) is 0 Å². The summed E-state index contributed by atoms with van der Waals surface area (Å²) in [5.41, 5.74) is 10.9. The van der Waals surface area contributed by atoms with Crippen LogP contribution in [0.25, 0.3) is 0 Å². The van der Waals surface area contributed by atoms with Crippen LogP contribution in [0.2, 0.25) is 0 Å². The number of hydrogen-bond acceptors (Lipinski definition) is 3. The van der Waals surface area contributed by atoms with Gasteiger partial charge in [-0.3, -0.25) is 0 Å². The van der Waals surface area contributed by atoms with E-state index in [0.717, 1.165) is 56.7 Å². The number of thiocarbonyl (C=S) groups is 3. The third kappa shape index (κ3) is 19.5. The summed E-state index contributed by atoms with van der Waals surface area (Å²) >= 11 is 15.0. The van der Waals surface area contributed by atoms with Gasteiger partial charge in [-0.15, -0.1) is 0 Å². The van der Waals surface area contributed by atoms with Crippen LogP contribution in [0.15, 0.2) is 0 Å². The first-order chi connectivity index (χ1) is 11.5. The standard InChI is InChI=1S/C17H34N4S3/c18-15(22)11-7-3-1-5-9-13-20-17(24)21-14-10-6-2-4-8-12-16(19)23/h1-14H2,(H2,18,22)(H2,19,23)(H2,20,21,24). The van der Waals surface area contributed by atoms with Crippen molar-refractivity contribution in [1.82, 2.24) is 10.6 Å². The summed E-state index contributed by atoms with van der Waals surface area (Å²) in [6.07, 6.45) is 13.6. The van der Waals surface area contributed by atoms with Gasteiger partial charge in [0.15, 0.2) is 5.11 Å². The lowest BCUT2D eigenvalue weighted by Crippen LogP contribution is -2.36. The third-order valence-electron chi connectivity index (χ3n) is 3.77. The Labute approximate surface area is 163 Å². The summed E-state index contributed by atoms with van der Waals surface area (Å²) in [5.74, 6) is 0. The highest BCUT2D eigenvalue weighted by molar-refractivity contribution is 7.80. The lowest BCUT2D eigenvalue weighted by atomic mass is 10.1. The Hall–Kier alpha value is -0.530. The van der Waals surface area contributed by atoms with Gasteiger partial charge in [0.2, 0.25) is 0 Å². The second-order valence-corrected chi connectivity index (χ2v) is 7.61. The molecule has 0 aliphatic rings. The Kier molecular flexibility index (Phi) is 16.9. The van der Waals surface area contributed by atoms with Crippen molar-refractivity contribution in [1.29, 1.82) is 0 Å². The van der Waals surface area contributed by atoms with Gasteiger partial charge in [-0.1, -0.05) is 63.0 Å². The van der Waals surface area contributed by atoms with Gasteiger partial charge in [0.25, 0.3) is 0 Å². The SMILES string of the molecule is NC(=S)CCCCCCCNC(=S)NCCCCCCCC(N)=S. The molecule has 0 aromatic heterocycles. The molecular weight excluding hydrogens is 356 g/mol. The molecule has 140 valence electrons. The second kappa shape index (κ2) is 17.3. The summed E-state index contributed by atoms with van der Waals surface area (Å²) in [5, 5.41) is 7.31. The molecule has 0 saturated carbocycles. The van der Waals surface area contributed by atoms with Crippen molar-refractivity contribution in [2.45, 2.75) is 77.0 Å². The molecule has 0 aromatic carbocycles. The normalized spacial score (nSPS) is 10.3. The van der Waals surface area contributed by atoms with Gasteiger partial charge in [-0.05, 0) is 50.7 Å². The average Bonchev–Trinajstić information content (AvgIpc) is 2.51. The van der Waals surface area contributed by atoms with Gasteiger partial charge in [0.05, 0.1) is 9.98 Å². The fourth-order valence-electron chi connectivity index (χ4n) is 2.38. The molecule has 6 N–H and O–H groups in total. The van der Waals surface area contributed by atoms with E-state index in [2.05, 4.69) is 10.6 Å². The van der Waals surface area contributed by atoms with Crippen molar-refractivity contribution < 1.29 is 0 Å². The van der Waals surface area contributed by atoms with Crippen LogP contribution in [0.1, 0.15) is 77.0 Å². The molecule has 0 aliphatic heterocycles. The number of nitrogens with two attached hydrogens (primary N) is 2. The number of unbranched alkanes of at least 4 members (excludes halogenated alkanes) is 8. The van der Waals surface area contributed by atoms with Crippen molar-refractivity contribution in [3.05, 3.63) is 0 Å². The van der Waals surface area contributed by atoms with E-state index in [-0.39, 0.29) is 0 Å². The monoisotopic (exact) mass is 390 g/mol. The van der Waals surface area contributed by atoms with Crippen LogP contribution in [-0.2, 0) is 0 Å². The Bertz CT molecular complexity index is 330. The lowest BCUT2D eigenvalue weighted by Gasteiger charge is -2.10. The Morgan fingerprint density at radius 2 is 0.875 bits per heavy atom. The molecule has 0 radical (unpaired) electrons. The van der Waals surface area contributed by atoms with Crippen LogP contribution in [0.4, 0.5) is 0 Å². The molecule has 0 aromatic rings. The maximum absolute atomic E-state index is 5.47. The zero-order valence-corrected chi connectivity index (χ0v) is 17.2. The first kappa shape index (κ1) is 23.5. The van der Waals surface area contributed by atoms with Crippen LogP contribution in [0, 0.1) is 0 Å². The second-order valence-electron chi connectivity index (χ2n) is 6.15. The molecular formula is C17H34N4S3. The van der Waals surface area contributed by atoms with Gasteiger partial charge < -0.3 is 22.1 Å². The third-order valence-corrected chi connectivity index (χ3v) is 4.47. The van der Waals surface area contributed by atoms with E-state index in [1.807, 2.05) is 0 Å². The number of nitrogens with one attached hydrogen (secondary N) is 2. The molecule has 7 heteroatoms. The zero-order chi connectivity index (χ0) is 18.0. The van der Waals surface area contributed by atoms with Gasteiger partial charge in [-0.2, -0.15) is 0 Å². The van der Waals surface area contributed by atoms with E-state index < -0.39 is 0 Å². The Morgan fingerprint density at radius 3 is 1.25 bits per heavy atom. The van der Waals surface area contributed by atoms with Crippen molar-refractivity contribution in [3.8, 4) is 0 Å². The highest BCUT2D eigenvalue weighted by atomic mass is 32.1. The van der Waals surface area contributed by atoms with Gasteiger partial charge in [0, 0.05) is 13.1 Å². The minimum atomic E-state index is 0.632. The van der Waals surface area contributed by atoms with Gasteiger partial charge in [0.1, 0.15) is 0 Å². The minimum Gasteiger partial charge on any atom is -0.393 e. The molecule has 0 rings (SSSR count). The highest BCUT2D eigenvalue weighted by Gasteiger charge is 1.97. The van der Waals surface area contributed by atoms with Crippen LogP contribution in [0.5, 0.6) is 0 Å². The molecule has 0 spiro atoms. The first-order valence-electron chi connectivity index (χ1n) is 9.10. The van der Waals surface area contributed by atoms with Gasteiger partial charge >= 0.3 is 0 Å². The van der Waals surface area contributed by atoms with Crippen LogP contribution >= 0.6 is 36.7 Å². The lowest BCUT2D eigenvalue weighted by molar-refractivity contribution is 0.604. The molecule has 0 bridgehead atoms. The highest BCUT2D eigenvalue weighted by Crippen LogP contribution is 2.05. The quantitative estimate of drug-likeness (QED) is 0.236. The van der Waals surface area contributed by atoms with E-state index >= 15 is 0 Å².